The van der Waals surface area contributed by atoms with Crippen LogP contribution in [0.2, 0.25) is 0 Å². The monoisotopic (exact) mass is 229 g/mol. The predicted molar refractivity (Wildman–Crippen MR) is 62.3 cm³/mol. The molecule has 86 valence electrons. The molecule has 2 aromatic rings. The summed E-state index contributed by atoms with van der Waals surface area (Å²) < 4.78 is 10.6. The number of nitrogens with zero attached hydrogens (tertiary/aromatic N) is 1. The number of ether oxygens (including phenoxy) is 1. The van der Waals surface area contributed by atoms with Gasteiger partial charge in [-0.05, 0) is 24.3 Å². The third-order valence-corrected chi connectivity index (χ3v) is 2.71. The number of furan rings is 1. The Morgan fingerprint density at radius 2 is 2.06 bits per heavy atom. The zero-order chi connectivity index (χ0) is 11.7. The number of carbonyl (C=O) groups excluding carboxylic acids is 1. The number of fused-ring (bicyclic) bond motifs is 1. The van der Waals surface area contributed by atoms with Crippen molar-refractivity contribution in [2.75, 3.05) is 18.1 Å². The van der Waals surface area contributed by atoms with Crippen LogP contribution in [0.15, 0.2) is 47.1 Å². The Labute approximate surface area is 98.4 Å². The van der Waals surface area contributed by atoms with E-state index in [1.807, 2.05) is 24.3 Å². The average Bonchev–Trinajstić information content (AvgIpc) is 2.91. The normalized spacial score (nSPS) is 14.0. The molecule has 4 heteroatoms. The van der Waals surface area contributed by atoms with Crippen molar-refractivity contribution in [3.05, 3.63) is 48.4 Å². The second-order valence-electron chi connectivity index (χ2n) is 3.75. The predicted octanol–water partition coefficient (Wildman–Crippen LogP) is 2.32. The van der Waals surface area contributed by atoms with Crippen LogP contribution in [0.1, 0.15) is 10.6 Å². The molecule has 1 aromatic carbocycles. The van der Waals surface area contributed by atoms with Gasteiger partial charge in [0.05, 0.1) is 18.5 Å². The van der Waals surface area contributed by atoms with Gasteiger partial charge in [-0.1, -0.05) is 12.1 Å². The van der Waals surface area contributed by atoms with Gasteiger partial charge in [0, 0.05) is 0 Å². The maximum absolute atomic E-state index is 12.2. The van der Waals surface area contributed by atoms with Gasteiger partial charge >= 0.3 is 0 Å². The van der Waals surface area contributed by atoms with Crippen molar-refractivity contribution in [1.29, 1.82) is 0 Å². The number of para-hydroxylation sites is 2. The quantitative estimate of drug-likeness (QED) is 0.753. The van der Waals surface area contributed by atoms with Gasteiger partial charge in [0.2, 0.25) is 0 Å². The standard InChI is InChI=1S/C13H11NO3/c15-13(12-6-3-8-16-12)14-7-9-17-11-5-2-1-4-10(11)14/h1-6,8H,7,9H2. The molecule has 1 aliphatic heterocycles. The largest absolute Gasteiger partial charge is 0.490 e. The highest BCUT2D eigenvalue weighted by Gasteiger charge is 2.25. The minimum atomic E-state index is -0.134. The zero-order valence-corrected chi connectivity index (χ0v) is 9.13. The lowest BCUT2D eigenvalue weighted by atomic mass is 10.2. The maximum atomic E-state index is 12.2. The van der Waals surface area contributed by atoms with Crippen LogP contribution < -0.4 is 9.64 Å². The fourth-order valence-corrected chi connectivity index (χ4v) is 1.91. The smallest absolute Gasteiger partial charge is 0.294 e. The van der Waals surface area contributed by atoms with Crippen molar-refractivity contribution in [3.63, 3.8) is 0 Å². The van der Waals surface area contributed by atoms with Crippen molar-refractivity contribution in [1.82, 2.24) is 0 Å². The van der Waals surface area contributed by atoms with Gasteiger partial charge in [-0.3, -0.25) is 9.69 Å². The number of carbonyl (C=O) groups is 1. The van der Waals surface area contributed by atoms with Gasteiger partial charge < -0.3 is 9.15 Å². The highest BCUT2D eigenvalue weighted by Crippen LogP contribution is 2.31. The molecule has 0 unspecified atom stereocenters. The molecule has 0 saturated carbocycles. The number of anilines is 1. The molecule has 0 N–H and O–H groups in total. The van der Waals surface area contributed by atoms with Crippen LogP contribution in [0.25, 0.3) is 0 Å². The fraction of sp³-hybridized carbons (Fsp3) is 0.154. The Morgan fingerprint density at radius 3 is 2.88 bits per heavy atom. The second-order valence-corrected chi connectivity index (χ2v) is 3.75. The molecular weight excluding hydrogens is 218 g/mol. The summed E-state index contributed by atoms with van der Waals surface area (Å²) in [6.07, 6.45) is 1.50. The number of hydrogen-bond donors (Lipinski definition) is 0. The van der Waals surface area contributed by atoms with E-state index in [2.05, 4.69) is 0 Å². The van der Waals surface area contributed by atoms with Crippen LogP contribution in [0.4, 0.5) is 5.69 Å². The van der Waals surface area contributed by atoms with Crippen molar-refractivity contribution in [2.24, 2.45) is 0 Å². The average molecular weight is 229 g/mol. The van der Waals surface area contributed by atoms with E-state index in [0.717, 1.165) is 11.4 Å². The third kappa shape index (κ3) is 1.67. The van der Waals surface area contributed by atoms with E-state index < -0.39 is 0 Å². The van der Waals surface area contributed by atoms with Gasteiger partial charge in [0.25, 0.3) is 5.91 Å². The Kier molecular flexibility index (Phi) is 2.33. The van der Waals surface area contributed by atoms with E-state index >= 15 is 0 Å². The lowest BCUT2D eigenvalue weighted by molar-refractivity contribution is 0.0950. The van der Waals surface area contributed by atoms with Crippen molar-refractivity contribution in [3.8, 4) is 5.75 Å². The van der Waals surface area contributed by atoms with Gasteiger partial charge in [-0.2, -0.15) is 0 Å². The summed E-state index contributed by atoms with van der Waals surface area (Å²) >= 11 is 0. The molecule has 1 aromatic heterocycles. The van der Waals surface area contributed by atoms with E-state index in [9.17, 15) is 4.79 Å². The first-order valence-corrected chi connectivity index (χ1v) is 5.43. The number of amides is 1. The van der Waals surface area contributed by atoms with Gasteiger partial charge in [-0.15, -0.1) is 0 Å². The highest BCUT2D eigenvalue weighted by atomic mass is 16.5. The molecule has 0 bridgehead atoms. The number of benzene rings is 1. The molecule has 0 aliphatic carbocycles. The highest BCUT2D eigenvalue weighted by molar-refractivity contribution is 6.05. The van der Waals surface area contributed by atoms with Crippen molar-refractivity contribution in [2.45, 2.75) is 0 Å². The molecule has 2 heterocycles. The third-order valence-electron chi connectivity index (χ3n) is 2.71. The molecular formula is C13H11NO3. The first-order chi connectivity index (χ1) is 8.36. The minimum Gasteiger partial charge on any atom is -0.490 e. The van der Waals surface area contributed by atoms with Crippen LogP contribution in [0.5, 0.6) is 5.75 Å². The summed E-state index contributed by atoms with van der Waals surface area (Å²) in [5.74, 6) is 0.950. The molecule has 4 nitrogen and oxygen atoms in total. The Bertz CT molecular complexity index is 533. The van der Waals surface area contributed by atoms with E-state index in [1.54, 1.807) is 17.0 Å². The van der Waals surface area contributed by atoms with Crippen LogP contribution in [-0.2, 0) is 0 Å². The van der Waals surface area contributed by atoms with Crippen LogP contribution in [0, 0.1) is 0 Å². The van der Waals surface area contributed by atoms with E-state index in [1.165, 1.54) is 6.26 Å². The lowest BCUT2D eigenvalue weighted by Crippen LogP contribution is -2.37. The SMILES string of the molecule is O=C(c1ccco1)N1CCOc2ccccc21. The molecule has 1 amide bonds. The Morgan fingerprint density at radius 1 is 1.18 bits per heavy atom. The molecule has 0 spiro atoms. The van der Waals surface area contributed by atoms with E-state index in [4.69, 9.17) is 9.15 Å². The number of rotatable bonds is 1. The number of hydrogen-bond acceptors (Lipinski definition) is 3. The summed E-state index contributed by atoms with van der Waals surface area (Å²) in [6, 6.07) is 10.9. The van der Waals surface area contributed by atoms with E-state index in [-0.39, 0.29) is 5.91 Å². The summed E-state index contributed by atoms with van der Waals surface area (Å²) in [7, 11) is 0. The summed E-state index contributed by atoms with van der Waals surface area (Å²) in [5, 5.41) is 0. The van der Waals surface area contributed by atoms with Gasteiger partial charge in [0.15, 0.2) is 5.76 Å². The van der Waals surface area contributed by atoms with Crippen LogP contribution >= 0.6 is 0 Å². The minimum absolute atomic E-state index is 0.134. The van der Waals surface area contributed by atoms with Crippen LogP contribution in [-0.4, -0.2) is 19.1 Å². The molecule has 0 saturated heterocycles. The maximum Gasteiger partial charge on any atom is 0.294 e. The molecule has 0 fully saturated rings. The zero-order valence-electron chi connectivity index (χ0n) is 9.13. The Hall–Kier alpha value is -2.23. The Balaban J connectivity index is 1.98. The lowest BCUT2D eigenvalue weighted by Gasteiger charge is -2.28. The van der Waals surface area contributed by atoms with Crippen molar-refractivity contribution >= 4 is 11.6 Å². The molecule has 0 atom stereocenters. The summed E-state index contributed by atoms with van der Waals surface area (Å²) in [4.78, 5) is 13.9. The molecule has 3 rings (SSSR count). The van der Waals surface area contributed by atoms with Gasteiger partial charge in [0.1, 0.15) is 12.4 Å². The molecule has 0 radical (unpaired) electrons. The van der Waals surface area contributed by atoms with Crippen molar-refractivity contribution < 1.29 is 13.9 Å². The fourth-order valence-electron chi connectivity index (χ4n) is 1.91. The van der Waals surface area contributed by atoms with Crippen LogP contribution in [0.3, 0.4) is 0 Å². The van der Waals surface area contributed by atoms with E-state index in [0.29, 0.717) is 18.9 Å². The molecule has 1 aliphatic rings. The first-order valence-electron chi connectivity index (χ1n) is 5.43. The summed E-state index contributed by atoms with van der Waals surface area (Å²) in [6.45, 7) is 1.04. The topological polar surface area (TPSA) is 42.7 Å². The molecule has 17 heavy (non-hydrogen) atoms. The first kappa shape index (κ1) is 9.96. The summed E-state index contributed by atoms with van der Waals surface area (Å²) in [5.41, 5.74) is 0.792. The van der Waals surface area contributed by atoms with Gasteiger partial charge in [-0.25, -0.2) is 0 Å². The second kappa shape index (κ2) is 3.97.